The van der Waals surface area contributed by atoms with Crippen LogP contribution in [0.2, 0.25) is 0 Å². The maximum Gasteiger partial charge on any atom is 0.0911 e. The van der Waals surface area contributed by atoms with Crippen molar-refractivity contribution in [1.82, 2.24) is 5.32 Å². The molecule has 0 amide bonds. The van der Waals surface area contributed by atoms with Gasteiger partial charge in [0.15, 0.2) is 0 Å². The number of nitrogens with zero attached hydrogens (tertiary/aromatic N) is 1. The van der Waals surface area contributed by atoms with E-state index in [1.54, 1.807) is 0 Å². The zero-order valence-corrected chi connectivity index (χ0v) is 11.2. The SMILES string of the molecule is CCCC1CN(CCCF)c2ccccc2CN1. The molecule has 2 rings (SSSR count). The lowest BCUT2D eigenvalue weighted by Crippen LogP contribution is -2.38. The van der Waals surface area contributed by atoms with Gasteiger partial charge in [0.05, 0.1) is 6.67 Å². The van der Waals surface area contributed by atoms with Crippen molar-refractivity contribution >= 4 is 5.69 Å². The van der Waals surface area contributed by atoms with Crippen LogP contribution in [0.5, 0.6) is 0 Å². The Morgan fingerprint density at radius 2 is 2.22 bits per heavy atom. The molecule has 1 N–H and O–H groups in total. The topological polar surface area (TPSA) is 15.3 Å². The molecule has 1 heterocycles. The highest BCUT2D eigenvalue weighted by Gasteiger charge is 2.20. The van der Waals surface area contributed by atoms with Gasteiger partial charge >= 0.3 is 0 Å². The summed E-state index contributed by atoms with van der Waals surface area (Å²) in [5.41, 5.74) is 2.60. The number of alkyl halides is 1. The van der Waals surface area contributed by atoms with Crippen LogP contribution in [0.1, 0.15) is 31.7 Å². The highest BCUT2D eigenvalue weighted by Crippen LogP contribution is 2.24. The highest BCUT2D eigenvalue weighted by molar-refractivity contribution is 5.54. The number of benzene rings is 1. The standard InChI is InChI=1S/C15H23FN2/c1-2-6-14-12-18(10-5-9-16)15-8-4-3-7-13(15)11-17-14/h3-4,7-8,14,17H,2,5-6,9-12H2,1H3. The monoisotopic (exact) mass is 250 g/mol. The zero-order chi connectivity index (χ0) is 12.8. The van der Waals surface area contributed by atoms with Crippen molar-refractivity contribution in [2.75, 3.05) is 24.7 Å². The van der Waals surface area contributed by atoms with Crippen LogP contribution in [-0.2, 0) is 6.54 Å². The first-order chi connectivity index (χ1) is 8.85. The van der Waals surface area contributed by atoms with Crippen molar-refractivity contribution < 1.29 is 4.39 Å². The third-order valence-corrected chi connectivity index (χ3v) is 3.55. The van der Waals surface area contributed by atoms with E-state index in [4.69, 9.17) is 0 Å². The molecule has 3 heteroatoms. The number of para-hydroxylation sites is 1. The molecule has 18 heavy (non-hydrogen) atoms. The number of hydrogen-bond acceptors (Lipinski definition) is 2. The van der Waals surface area contributed by atoms with E-state index in [1.807, 2.05) is 0 Å². The Labute approximate surface area is 109 Å². The van der Waals surface area contributed by atoms with Crippen molar-refractivity contribution in [1.29, 1.82) is 0 Å². The Morgan fingerprint density at radius 1 is 1.39 bits per heavy atom. The fourth-order valence-electron chi connectivity index (χ4n) is 2.66. The lowest BCUT2D eigenvalue weighted by atomic mass is 10.1. The Hall–Kier alpha value is -1.09. The molecular formula is C15H23FN2. The van der Waals surface area contributed by atoms with Crippen LogP contribution >= 0.6 is 0 Å². The molecule has 0 bridgehead atoms. The van der Waals surface area contributed by atoms with Crippen LogP contribution in [0.25, 0.3) is 0 Å². The summed E-state index contributed by atoms with van der Waals surface area (Å²) in [5, 5.41) is 3.61. The van der Waals surface area contributed by atoms with Crippen molar-refractivity contribution in [3.8, 4) is 0 Å². The summed E-state index contributed by atoms with van der Waals surface area (Å²) in [6, 6.07) is 8.99. The van der Waals surface area contributed by atoms with Crippen molar-refractivity contribution in [3.63, 3.8) is 0 Å². The molecule has 0 aliphatic carbocycles. The molecule has 1 unspecified atom stereocenters. The van der Waals surface area contributed by atoms with Crippen LogP contribution in [0.4, 0.5) is 10.1 Å². The number of rotatable bonds is 5. The molecule has 0 saturated carbocycles. The molecule has 1 atom stereocenters. The number of hydrogen-bond donors (Lipinski definition) is 1. The minimum absolute atomic E-state index is 0.232. The summed E-state index contributed by atoms with van der Waals surface area (Å²) in [5.74, 6) is 0. The first-order valence-corrected chi connectivity index (χ1v) is 6.97. The van der Waals surface area contributed by atoms with Crippen LogP contribution in [0.15, 0.2) is 24.3 Å². The molecule has 1 aromatic carbocycles. The molecule has 1 aliphatic heterocycles. The van der Waals surface area contributed by atoms with Crippen LogP contribution in [0, 0.1) is 0 Å². The van der Waals surface area contributed by atoms with Crippen molar-refractivity contribution in [3.05, 3.63) is 29.8 Å². The molecule has 2 nitrogen and oxygen atoms in total. The summed E-state index contributed by atoms with van der Waals surface area (Å²) in [4.78, 5) is 2.34. The second-order valence-corrected chi connectivity index (χ2v) is 4.98. The van der Waals surface area contributed by atoms with E-state index < -0.39 is 0 Å². The van der Waals surface area contributed by atoms with E-state index in [2.05, 4.69) is 41.4 Å². The van der Waals surface area contributed by atoms with Gasteiger partial charge in [0.2, 0.25) is 0 Å². The van der Waals surface area contributed by atoms with E-state index in [1.165, 1.54) is 24.1 Å². The Balaban J connectivity index is 2.15. The quantitative estimate of drug-likeness (QED) is 0.863. The van der Waals surface area contributed by atoms with E-state index in [9.17, 15) is 4.39 Å². The Morgan fingerprint density at radius 3 is 3.00 bits per heavy atom. The van der Waals surface area contributed by atoms with Gasteiger partial charge in [0, 0.05) is 31.4 Å². The van der Waals surface area contributed by atoms with E-state index in [-0.39, 0.29) is 6.67 Å². The Bertz CT molecular complexity index is 367. The van der Waals surface area contributed by atoms with Crippen LogP contribution in [0.3, 0.4) is 0 Å². The van der Waals surface area contributed by atoms with E-state index in [0.29, 0.717) is 12.5 Å². The fraction of sp³-hybridized carbons (Fsp3) is 0.600. The maximum atomic E-state index is 12.4. The van der Waals surface area contributed by atoms with Gasteiger partial charge in [-0.1, -0.05) is 31.5 Å². The number of anilines is 1. The summed E-state index contributed by atoms with van der Waals surface area (Å²) in [7, 11) is 0. The van der Waals surface area contributed by atoms with Gasteiger partial charge in [-0.3, -0.25) is 4.39 Å². The summed E-state index contributed by atoms with van der Waals surface area (Å²) >= 11 is 0. The largest absolute Gasteiger partial charge is 0.370 e. The third kappa shape index (κ3) is 3.22. The smallest absolute Gasteiger partial charge is 0.0911 e. The molecule has 0 spiro atoms. The second kappa shape index (κ2) is 6.74. The number of nitrogens with one attached hydrogen (secondary N) is 1. The van der Waals surface area contributed by atoms with Gasteiger partial charge in [-0.15, -0.1) is 0 Å². The first kappa shape index (κ1) is 13.3. The molecule has 0 fully saturated rings. The fourth-order valence-corrected chi connectivity index (χ4v) is 2.66. The molecule has 0 radical (unpaired) electrons. The zero-order valence-electron chi connectivity index (χ0n) is 11.2. The molecule has 100 valence electrons. The third-order valence-electron chi connectivity index (χ3n) is 3.55. The molecule has 1 aliphatic rings. The normalized spacial score (nSPS) is 19.4. The van der Waals surface area contributed by atoms with Crippen LogP contribution in [-0.4, -0.2) is 25.8 Å². The average molecular weight is 250 g/mol. The van der Waals surface area contributed by atoms with Gasteiger partial charge in [-0.2, -0.15) is 0 Å². The summed E-state index contributed by atoms with van der Waals surface area (Å²) < 4.78 is 12.4. The van der Waals surface area contributed by atoms with E-state index in [0.717, 1.165) is 19.6 Å². The predicted molar refractivity (Wildman–Crippen MR) is 74.8 cm³/mol. The lowest BCUT2D eigenvalue weighted by Gasteiger charge is -2.27. The van der Waals surface area contributed by atoms with Crippen LogP contribution < -0.4 is 10.2 Å². The van der Waals surface area contributed by atoms with Gasteiger partial charge in [0.25, 0.3) is 0 Å². The number of halogens is 1. The molecule has 0 saturated heterocycles. The van der Waals surface area contributed by atoms with Gasteiger partial charge in [0.1, 0.15) is 0 Å². The summed E-state index contributed by atoms with van der Waals surface area (Å²) in [6.45, 7) is 4.71. The first-order valence-electron chi connectivity index (χ1n) is 6.97. The van der Waals surface area contributed by atoms with Crippen molar-refractivity contribution in [2.24, 2.45) is 0 Å². The second-order valence-electron chi connectivity index (χ2n) is 4.98. The van der Waals surface area contributed by atoms with E-state index >= 15 is 0 Å². The highest BCUT2D eigenvalue weighted by atomic mass is 19.1. The van der Waals surface area contributed by atoms with Crippen molar-refractivity contribution in [2.45, 2.75) is 38.8 Å². The lowest BCUT2D eigenvalue weighted by molar-refractivity contribution is 0.452. The molecule has 0 aromatic heterocycles. The van der Waals surface area contributed by atoms with Gasteiger partial charge < -0.3 is 10.2 Å². The van der Waals surface area contributed by atoms with Gasteiger partial charge in [-0.25, -0.2) is 0 Å². The Kier molecular flexibility index (Phi) is 5.00. The molecular weight excluding hydrogens is 227 g/mol. The molecule has 1 aromatic rings. The maximum absolute atomic E-state index is 12.4. The minimum Gasteiger partial charge on any atom is -0.370 e. The minimum atomic E-state index is -0.232. The van der Waals surface area contributed by atoms with Gasteiger partial charge in [-0.05, 0) is 24.5 Å². The number of fused-ring (bicyclic) bond motifs is 1. The summed E-state index contributed by atoms with van der Waals surface area (Å²) in [6.07, 6.45) is 2.98. The average Bonchev–Trinajstić information content (AvgIpc) is 2.57. The predicted octanol–water partition coefficient (Wildman–Crippen LogP) is 3.12.